The first-order chi connectivity index (χ1) is 8.36. The first kappa shape index (κ1) is 12.0. The van der Waals surface area contributed by atoms with E-state index >= 15 is 0 Å². The molecule has 0 amide bonds. The Morgan fingerprint density at radius 2 is 2.35 bits per heavy atom. The van der Waals surface area contributed by atoms with E-state index in [0.717, 1.165) is 36.4 Å². The molecule has 2 rings (SSSR count). The van der Waals surface area contributed by atoms with E-state index in [-0.39, 0.29) is 6.61 Å². The number of pyridine rings is 1. The summed E-state index contributed by atoms with van der Waals surface area (Å²) in [6.45, 7) is 1.35. The van der Waals surface area contributed by atoms with Crippen LogP contribution in [-0.4, -0.2) is 40.0 Å². The van der Waals surface area contributed by atoms with Crippen LogP contribution in [0, 0.1) is 0 Å². The minimum absolute atomic E-state index is 0.0965. The van der Waals surface area contributed by atoms with Crippen LogP contribution in [0.15, 0.2) is 18.3 Å². The SMILES string of the molecule is COCCCc1nc2cccnc2n1CCO. The summed E-state index contributed by atoms with van der Waals surface area (Å²) < 4.78 is 7.01. The number of methoxy groups -OCH3 is 1. The van der Waals surface area contributed by atoms with E-state index in [0.29, 0.717) is 6.54 Å². The maximum atomic E-state index is 9.09. The van der Waals surface area contributed by atoms with E-state index in [1.807, 2.05) is 16.7 Å². The molecule has 0 spiro atoms. The minimum Gasteiger partial charge on any atom is -0.395 e. The molecule has 2 heterocycles. The highest BCUT2D eigenvalue weighted by Gasteiger charge is 2.10. The molecule has 92 valence electrons. The van der Waals surface area contributed by atoms with Gasteiger partial charge in [-0.3, -0.25) is 0 Å². The number of aromatic nitrogens is 3. The van der Waals surface area contributed by atoms with E-state index in [9.17, 15) is 0 Å². The van der Waals surface area contributed by atoms with Crippen LogP contribution in [-0.2, 0) is 17.7 Å². The van der Waals surface area contributed by atoms with Crippen LogP contribution < -0.4 is 0 Å². The third-order valence-corrected chi connectivity index (χ3v) is 2.66. The first-order valence-corrected chi connectivity index (χ1v) is 5.76. The van der Waals surface area contributed by atoms with Crippen LogP contribution in [0.5, 0.6) is 0 Å². The highest BCUT2D eigenvalue weighted by Crippen LogP contribution is 2.14. The molecule has 2 aromatic rings. The fraction of sp³-hybridized carbons (Fsp3) is 0.500. The van der Waals surface area contributed by atoms with Crippen LogP contribution in [0.4, 0.5) is 0 Å². The highest BCUT2D eigenvalue weighted by atomic mass is 16.5. The third-order valence-electron chi connectivity index (χ3n) is 2.66. The Kier molecular flexibility index (Phi) is 4.06. The van der Waals surface area contributed by atoms with Gasteiger partial charge in [0.15, 0.2) is 5.65 Å². The number of fused-ring (bicyclic) bond motifs is 1. The molecular formula is C12H17N3O2. The lowest BCUT2D eigenvalue weighted by atomic mass is 10.3. The molecular weight excluding hydrogens is 218 g/mol. The van der Waals surface area contributed by atoms with Gasteiger partial charge in [0.25, 0.3) is 0 Å². The fourth-order valence-electron chi connectivity index (χ4n) is 1.91. The maximum absolute atomic E-state index is 9.09. The van der Waals surface area contributed by atoms with Gasteiger partial charge in [0, 0.05) is 32.9 Å². The van der Waals surface area contributed by atoms with E-state index in [2.05, 4.69) is 9.97 Å². The third kappa shape index (κ3) is 2.62. The molecule has 0 aliphatic heterocycles. The van der Waals surface area contributed by atoms with Gasteiger partial charge in [0.1, 0.15) is 11.3 Å². The van der Waals surface area contributed by atoms with Gasteiger partial charge in [-0.05, 0) is 18.6 Å². The van der Waals surface area contributed by atoms with Crippen LogP contribution in [0.25, 0.3) is 11.2 Å². The van der Waals surface area contributed by atoms with Gasteiger partial charge >= 0.3 is 0 Å². The van der Waals surface area contributed by atoms with Crippen molar-refractivity contribution in [1.29, 1.82) is 0 Å². The topological polar surface area (TPSA) is 60.2 Å². The zero-order valence-corrected chi connectivity index (χ0v) is 9.96. The lowest BCUT2D eigenvalue weighted by Crippen LogP contribution is -2.08. The number of aliphatic hydroxyl groups is 1. The van der Waals surface area contributed by atoms with Crippen LogP contribution in [0.3, 0.4) is 0 Å². The number of aliphatic hydroxyl groups excluding tert-OH is 1. The molecule has 1 N–H and O–H groups in total. The normalized spacial score (nSPS) is 11.2. The second-order valence-electron chi connectivity index (χ2n) is 3.85. The highest BCUT2D eigenvalue weighted by molar-refractivity contribution is 5.71. The Labute approximate surface area is 100 Å². The molecule has 17 heavy (non-hydrogen) atoms. The predicted octanol–water partition coefficient (Wildman–Crippen LogP) is 1.00. The van der Waals surface area contributed by atoms with Gasteiger partial charge in [-0.25, -0.2) is 9.97 Å². The van der Waals surface area contributed by atoms with Crippen molar-refractivity contribution in [3.05, 3.63) is 24.2 Å². The maximum Gasteiger partial charge on any atom is 0.160 e. The number of hydrogen-bond acceptors (Lipinski definition) is 4. The smallest absolute Gasteiger partial charge is 0.160 e. The van der Waals surface area contributed by atoms with Crippen LogP contribution >= 0.6 is 0 Å². The van der Waals surface area contributed by atoms with Crippen molar-refractivity contribution < 1.29 is 9.84 Å². The number of hydrogen-bond donors (Lipinski definition) is 1. The molecule has 0 saturated carbocycles. The Morgan fingerprint density at radius 1 is 1.47 bits per heavy atom. The summed E-state index contributed by atoms with van der Waals surface area (Å²) in [5.41, 5.74) is 1.72. The van der Waals surface area contributed by atoms with Crippen molar-refractivity contribution in [2.75, 3.05) is 20.3 Å². The molecule has 0 saturated heterocycles. The Balaban J connectivity index is 2.29. The molecule has 0 aromatic carbocycles. The van der Waals surface area contributed by atoms with Crippen molar-refractivity contribution in [2.24, 2.45) is 0 Å². The molecule has 0 aliphatic rings. The van der Waals surface area contributed by atoms with Crippen LogP contribution in [0.1, 0.15) is 12.2 Å². The standard InChI is InChI=1S/C12H17N3O2/c1-17-9-3-5-11-14-10-4-2-6-13-12(10)15(11)7-8-16/h2,4,6,16H,3,5,7-9H2,1H3. The molecule has 0 atom stereocenters. The monoisotopic (exact) mass is 235 g/mol. The fourth-order valence-corrected chi connectivity index (χ4v) is 1.91. The van der Waals surface area contributed by atoms with Gasteiger partial charge in [-0.1, -0.05) is 0 Å². The summed E-state index contributed by atoms with van der Waals surface area (Å²) in [6, 6.07) is 3.81. The Morgan fingerprint density at radius 3 is 3.12 bits per heavy atom. The molecule has 0 fully saturated rings. The summed E-state index contributed by atoms with van der Waals surface area (Å²) in [5, 5.41) is 9.09. The largest absolute Gasteiger partial charge is 0.395 e. The lowest BCUT2D eigenvalue weighted by Gasteiger charge is -2.06. The first-order valence-electron chi connectivity index (χ1n) is 5.76. The van der Waals surface area contributed by atoms with Gasteiger partial charge in [0.2, 0.25) is 0 Å². The van der Waals surface area contributed by atoms with E-state index in [1.54, 1.807) is 13.3 Å². The summed E-state index contributed by atoms with van der Waals surface area (Å²) in [6.07, 6.45) is 3.51. The van der Waals surface area contributed by atoms with Gasteiger partial charge in [-0.15, -0.1) is 0 Å². The van der Waals surface area contributed by atoms with Crippen molar-refractivity contribution in [2.45, 2.75) is 19.4 Å². The average Bonchev–Trinajstić information content (AvgIpc) is 2.69. The second kappa shape index (κ2) is 5.75. The van der Waals surface area contributed by atoms with Crippen molar-refractivity contribution >= 4 is 11.2 Å². The van der Waals surface area contributed by atoms with Gasteiger partial charge in [-0.2, -0.15) is 0 Å². The zero-order valence-electron chi connectivity index (χ0n) is 9.96. The van der Waals surface area contributed by atoms with Crippen molar-refractivity contribution in [3.63, 3.8) is 0 Å². The molecule has 0 radical (unpaired) electrons. The molecule has 0 unspecified atom stereocenters. The summed E-state index contributed by atoms with van der Waals surface area (Å²) in [5.74, 6) is 0.963. The molecule has 2 aromatic heterocycles. The summed E-state index contributed by atoms with van der Waals surface area (Å²) in [4.78, 5) is 8.84. The molecule has 5 heteroatoms. The van der Waals surface area contributed by atoms with Crippen molar-refractivity contribution in [1.82, 2.24) is 14.5 Å². The quantitative estimate of drug-likeness (QED) is 0.759. The van der Waals surface area contributed by atoms with Gasteiger partial charge in [0.05, 0.1) is 6.61 Å². The van der Waals surface area contributed by atoms with Crippen molar-refractivity contribution in [3.8, 4) is 0 Å². The molecule has 0 bridgehead atoms. The minimum atomic E-state index is 0.0965. The van der Waals surface area contributed by atoms with Gasteiger partial charge < -0.3 is 14.4 Å². The predicted molar refractivity (Wildman–Crippen MR) is 64.8 cm³/mol. The zero-order chi connectivity index (χ0) is 12.1. The van der Waals surface area contributed by atoms with Crippen LogP contribution in [0.2, 0.25) is 0 Å². The number of rotatable bonds is 6. The Bertz CT molecular complexity index is 482. The number of imidazole rings is 1. The number of ether oxygens (including phenoxy) is 1. The van der Waals surface area contributed by atoms with E-state index in [1.165, 1.54) is 0 Å². The number of nitrogens with zero attached hydrogens (tertiary/aromatic N) is 3. The lowest BCUT2D eigenvalue weighted by molar-refractivity contribution is 0.194. The molecule has 5 nitrogen and oxygen atoms in total. The van der Waals surface area contributed by atoms with E-state index in [4.69, 9.17) is 9.84 Å². The van der Waals surface area contributed by atoms with E-state index < -0.39 is 0 Å². The second-order valence-corrected chi connectivity index (χ2v) is 3.85. The number of aryl methyl sites for hydroxylation is 1. The summed E-state index contributed by atoms with van der Waals surface area (Å²) >= 11 is 0. The molecule has 0 aliphatic carbocycles. The summed E-state index contributed by atoms with van der Waals surface area (Å²) in [7, 11) is 1.69. The average molecular weight is 235 g/mol. The Hall–Kier alpha value is -1.46.